The van der Waals surface area contributed by atoms with E-state index in [2.05, 4.69) is 20.0 Å². The molecular formula is C7H9F3N4S. The van der Waals surface area contributed by atoms with Crippen molar-refractivity contribution in [1.29, 1.82) is 0 Å². The Kier molecular flexibility index (Phi) is 2.79. The molecule has 0 spiro atoms. The van der Waals surface area contributed by atoms with E-state index in [9.17, 15) is 13.2 Å². The number of nitrogens with zero attached hydrogens (tertiary/aromatic N) is 2. The van der Waals surface area contributed by atoms with Crippen molar-refractivity contribution in [2.75, 3.05) is 18.4 Å². The summed E-state index contributed by atoms with van der Waals surface area (Å²) >= 11 is 0.743. The Balaban J connectivity index is 2.00. The van der Waals surface area contributed by atoms with Gasteiger partial charge in [-0.2, -0.15) is 22.5 Å². The molecule has 84 valence electrons. The van der Waals surface area contributed by atoms with E-state index in [1.165, 1.54) is 0 Å². The summed E-state index contributed by atoms with van der Waals surface area (Å²) in [5.74, 6) is -1.07. The van der Waals surface area contributed by atoms with Crippen molar-refractivity contribution < 1.29 is 13.2 Å². The number of nitrogens with one attached hydrogen (secondary N) is 2. The predicted octanol–water partition coefficient (Wildman–Crippen LogP) is 1.33. The van der Waals surface area contributed by atoms with Crippen LogP contribution >= 0.6 is 11.5 Å². The topological polar surface area (TPSA) is 49.8 Å². The molecule has 1 aliphatic rings. The van der Waals surface area contributed by atoms with Crippen molar-refractivity contribution in [1.82, 2.24) is 14.7 Å². The van der Waals surface area contributed by atoms with Gasteiger partial charge in [0, 0.05) is 24.1 Å². The monoisotopic (exact) mass is 238 g/mol. The maximum absolute atomic E-state index is 12.2. The van der Waals surface area contributed by atoms with E-state index in [1.54, 1.807) is 0 Å². The van der Waals surface area contributed by atoms with Gasteiger partial charge in [0.15, 0.2) is 0 Å². The number of rotatable bonds is 2. The highest BCUT2D eigenvalue weighted by Gasteiger charge is 2.36. The summed E-state index contributed by atoms with van der Waals surface area (Å²) in [6.45, 7) is 1.63. The van der Waals surface area contributed by atoms with Crippen LogP contribution in [0.25, 0.3) is 0 Å². The molecule has 0 bridgehead atoms. The fourth-order valence-corrected chi connectivity index (χ4v) is 2.01. The molecule has 1 fully saturated rings. The van der Waals surface area contributed by atoms with Crippen molar-refractivity contribution in [3.05, 3.63) is 5.82 Å². The van der Waals surface area contributed by atoms with Gasteiger partial charge in [-0.15, -0.1) is 0 Å². The summed E-state index contributed by atoms with van der Waals surface area (Å²) in [5, 5.41) is 6.25. The number of anilines is 1. The minimum absolute atomic E-state index is 0.152. The van der Waals surface area contributed by atoms with E-state index in [4.69, 9.17) is 0 Å². The van der Waals surface area contributed by atoms with Crippen LogP contribution in [0.15, 0.2) is 0 Å². The van der Waals surface area contributed by atoms with Crippen LogP contribution in [0.5, 0.6) is 0 Å². The number of alkyl halides is 3. The Morgan fingerprint density at radius 2 is 2.27 bits per heavy atom. The second-order valence-corrected chi connectivity index (χ2v) is 4.01. The zero-order chi connectivity index (χ0) is 10.9. The molecule has 15 heavy (non-hydrogen) atoms. The number of hydrogen-bond acceptors (Lipinski definition) is 5. The summed E-state index contributed by atoms with van der Waals surface area (Å²) in [6, 6.07) is 0.152. The summed E-state index contributed by atoms with van der Waals surface area (Å²) in [6.07, 6.45) is -3.56. The summed E-state index contributed by atoms with van der Waals surface area (Å²) < 4.78 is 39.7. The van der Waals surface area contributed by atoms with Gasteiger partial charge in [0.25, 0.3) is 0 Å². The third-order valence-corrected chi connectivity index (χ3v) is 2.71. The van der Waals surface area contributed by atoms with Crippen LogP contribution < -0.4 is 10.6 Å². The highest BCUT2D eigenvalue weighted by Crippen LogP contribution is 2.29. The molecule has 1 aromatic heterocycles. The average molecular weight is 238 g/mol. The lowest BCUT2D eigenvalue weighted by molar-refractivity contribution is -0.144. The fraction of sp³-hybridized carbons (Fsp3) is 0.714. The number of hydrogen-bond donors (Lipinski definition) is 2. The molecule has 0 radical (unpaired) electrons. The number of halogens is 3. The molecule has 4 nitrogen and oxygen atoms in total. The molecule has 0 aromatic carbocycles. The average Bonchev–Trinajstić information content (AvgIpc) is 2.73. The Labute approximate surface area is 88.1 Å². The minimum Gasteiger partial charge on any atom is -0.356 e. The summed E-state index contributed by atoms with van der Waals surface area (Å²) in [5.41, 5.74) is 0. The zero-order valence-corrected chi connectivity index (χ0v) is 8.45. The number of aromatic nitrogens is 2. The Hall–Kier alpha value is -0.890. The van der Waals surface area contributed by atoms with Crippen molar-refractivity contribution in [2.24, 2.45) is 0 Å². The van der Waals surface area contributed by atoms with E-state index in [0.717, 1.165) is 31.0 Å². The van der Waals surface area contributed by atoms with E-state index in [0.29, 0.717) is 0 Å². The normalized spacial score (nSPS) is 21.9. The molecule has 8 heteroatoms. The lowest BCUT2D eigenvalue weighted by Gasteiger charge is -2.08. The van der Waals surface area contributed by atoms with E-state index in [1.807, 2.05) is 0 Å². The maximum atomic E-state index is 12.2. The maximum Gasteiger partial charge on any atom is 0.452 e. The largest absolute Gasteiger partial charge is 0.452 e. The van der Waals surface area contributed by atoms with Gasteiger partial charge in [0.2, 0.25) is 11.0 Å². The lowest BCUT2D eigenvalue weighted by Crippen LogP contribution is -2.22. The van der Waals surface area contributed by atoms with Crippen molar-refractivity contribution in [3.8, 4) is 0 Å². The molecule has 1 saturated heterocycles. The first-order valence-corrected chi connectivity index (χ1v) is 5.21. The molecule has 1 aromatic rings. The Bertz CT molecular complexity index is 331. The lowest BCUT2D eigenvalue weighted by atomic mass is 10.3. The van der Waals surface area contributed by atoms with Gasteiger partial charge in [-0.3, -0.25) is 0 Å². The van der Waals surface area contributed by atoms with Crippen LogP contribution in [0.4, 0.5) is 18.3 Å². The van der Waals surface area contributed by atoms with Crippen molar-refractivity contribution >= 4 is 16.7 Å². The van der Waals surface area contributed by atoms with Gasteiger partial charge in [0.1, 0.15) is 0 Å². The van der Waals surface area contributed by atoms with Gasteiger partial charge < -0.3 is 10.6 Å². The second kappa shape index (κ2) is 3.93. The quantitative estimate of drug-likeness (QED) is 0.816. The third-order valence-electron chi connectivity index (χ3n) is 2.07. The standard InChI is InChI=1S/C7H9F3N4S/c8-7(9,10)5-13-6(15-14-5)12-4-1-2-11-3-4/h4,11H,1-3H2,(H,12,13,14). The smallest absolute Gasteiger partial charge is 0.356 e. The fourth-order valence-electron chi connectivity index (χ4n) is 1.35. The van der Waals surface area contributed by atoms with Crippen LogP contribution in [-0.2, 0) is 6.18 Å². The van der Waals surface area contributed by atoms with E-state index < -0.39 is 12.0 Å². The SMILES string of the molecule is FC(F)(F)c1nsc(NC2CCNC2)n1. The third kappa shape index (κ3) is 2.57. The van der Waals surface area contributed by atoms with Crippen molar-refractivity contribution in [2.45, 2.75) is 18.6 Å². The zero-order valence-electron chi connectivity index (χ0n) is 7.64. The second-order valence-electron chi connectivity index (χ2n) is 3.25. The van der Waals surface area contributed by atoms with E-state index in [-0.39, 0.29) is 11.2 Å². The predicted molar refractivity (Wildman–Crippen MR) is 49.8 cm³/mol. The van der Waals surface area contributed by atoms with Gasteiger partial charge in [0.05, 0.1) is 0 Å². The Morgan fingerprint density at radius 1 is 1.47 bits per heavy atom. The highest BCUT2D eigenvalue weighted by molar-refractivity contribution is 7.09. The molecule has 2 N–H and O–H groups in total. The van der Waals surface area contributed by atoms with E-state index >= 15 is 0 Å². The van der Waals surface area contributed by atoms with Gasteiger partial charge >= 0.3 is 6.18 Å². The molecule has 0 amide bonds. The molecule has 2 rings (SSSR count). The first-order valence-electron chi connectivity index (χ1n) is 4.44. The van der Waals surface area contributed by atoms with Gasteiger partial charge in [-0.05, 0) is 13.0 Å². The molecule has 1 unspecified atom stereocenters. The van der Waals surface area contributed by atoms with Crippen LogP contribution in [0.2, 0.25) is 0 Å². The molecular weight excluding hydrogens is 229 g/mol. The van der Waals surface area contributed by atoms with Gasteiger partial charge in [-0.25, -0.2) is 0 Å². The first-order chi connectivity index (χ1) is 7.05. The van der Waals surface area contributed by atoms with Gasteiger partial charge in [-0.1, -0.05) is 0 Å². The molecule has 1 aliphatic heterocycles. The first kappa shape index (κ1) is 10.6. The minimum atomic E-state index is -4.45. The Morgan fingerprint density at radius 3 is 2.80 bits per heavy atom. The molecule has 0 saturated carbocycles. The molecule has 1 atom stereocenters. The van der Waals surface area contributed by atoms with Crippen LogP contribution in [0.3, 0.4) is 0 Å². The molecule has 0 aliphatic carbocycles. The van der Waals surface area contributed by atoms with Crippen LogP contribution in [0.1, 0.15) is 12.2 Å². The molecule has 2 heterocycles. The van der Waals surface area contributed by atoms with Crippen LogP contribution in [-0.4, -0.2) is 28.5 Å². The summed E-state index contributed by atoms with van der Waals surface area (Å²) in [7, 11) is 0. The highest BCUT2D eigenvalue weighted by atomic mass is 32.1. The van der Waals surface area contributed by atoms with Crippen molar-refractivity contribution in [3.63, 3.8) is 0 Å². The summed E-state index contributed by atoms with van der Waals surface area (Å²) in [4.78, 5) is 3.39. The van der Waals surface area contributed by atoms with Crippen LogP contribution in [0, 0.1) is 0 Å².